The van der Waals surface area contributed by atoms with Crippen LogP contribution in [0.5, 0.6) is 0 Å². The van der Waals surface area contributed by atoms with Crippen LogP contribution < -0.4 is 0 Å². The van der Waals surface area contributed by atoms with Gasteiger partial charge in [-0.1, -0.05) is 49.9 Å². The smallest absolute Gasteiger partial charge is 0.209 e. The second-order valence-corrected chi connectivity index (χ2v) is 7.21. The molecule has 1 aromatic heterocycles. The molecule has 1 aromatic carbocycles. The number of thioether (sulfide) groups is 1. The molecule has 2 aromatic rings. The van der Waals surface area contributed by atoms with E-state index in [9.17, 15) is 4.79 Å². The highest BCUT2D eigenvalue weighted by atomic mass is 32.2. The van der Waals surface area contributed by atoms with Crippen LogP contribution in [0.15, 0.2) is 29.4 Å². The molecule has 1 fully saturated rings. The number of benzene rings is 1. The van der Waals surface area contributed by atoms with E-state index in [1.54, 1.807) is 4.68 Å². The van der Waals surface area contributed by atoms with E-state index in [2.05, 4.69) is 29.4 Å². The molecule has 0 saturated carbocycles. The van der Waals surface area contributed by atoms with Crippen molar-refractivity contribution in [3.63, 3.8) is 0 Å². The quantitative estimate of drug-likeness (QED) is 0.567. The summed E-state index contributed by atoms with van der Waals surface area (Å²) in [5, 5.41) is 12.4. The van der Waals surface area contributed by atoms with E-state index in [1.165, 1.54) is 17.3 Å². The molecule has 0 N–H and O–H groups in total. The van der Waals surface area contributed by atoms with Gasteiger partial charge in [0.1, 0.15) is 0 Å². The van der Waals surface area contributed by atoms with Crippen molar-refractivity contribution in [3.8, 4) is 0 Å². The topological polar surface area (TPSA) is 69.9 Å². The van der Waals surface area contributed by atoms with E-state index in [-0.39, 0.29) is 11.9 Å². The fourth-order valence-corrected chi connectivity index (χ4v) is 3.44. The van der Waals surface area contributed by atoms with Gasteiger partial charge in [0.2, 0.25) is 5.16 Å². The predicted octanol–water partition coefficient (Wildman–Crippen LogP) is 2.95. The number of aromatic nitrogens is 4. The molecule has 0 radical (unpaired) electrons. The third kappa shape index (κ3) is 4.21. The lowest BCUT2D eigenvalue weighted by atomic mass is 10.0. The number of nitrogens with zero attached hydrogens (tertiary/aromatic N) is 4. The third-order valence-electron chi connectivity index (χ3n) is 4.13. The van der Waals surface area contributed by atoms with E-state index in [0.29, 0.717) is 23.4 Å². The van der Waals surface area contributed by atoms with Crippen LogP contribution in [0, 0.1) is 0 Å². The van der Waals surface area contributed by atoms with Gasteiger partial charge in [0, 0.05) is 12.2 Å². The molecule has 3 rings (SSSR count). The van der Waals surface area contributed by atoms with Crippen molar-refractivity contribution < 1.29 is 9.53 Å². The highest BCUT2D eigenvalue weighted by molar-refractivity contribution is 7.99. The highest BCUT2D eigenvalue weighted by Gasteiger charge is 2.19. The Morgan fingerprint density at radius 3 is 2.83 bits per heavy atom. The van der Waals surface area contributed by atoms with Crippen molar-refractivity contribution in [1.82, 2.24) is 20.2 Å². The van der Waals surface area contributed by atoms with E-state index in [0.717, 1.165) is 25.0 Å². The minimum atomic E-state index is 0.0852. The molecular formula is C17H22N4O2S. The Morgan fingerprint density at radius 1 is 1.38 bits per heavy atom. The molecule has 2 heterocycles. The van der Waals surface area contributed by atoms with Gasteiger partial charge >= 0.3 is 0 Å². The summed E-state index contributed by atoms with van der Waals surface area (Å²) in [6.07, 6.45) is 2.29. The summed E-state index contributed by atoms with van der Waals surface area (Å²) >= 11 is 1.37. The first-order valence-corrected chi connectivity index (χ1v) is 9.26. The molecule has 24 heavy (non-hydrogen) atoms. The normalized spacial score (nSPS) is 17.5. The summed E-state index contributed by atoms with van der Waals surface area (Å²) in [5.74, 6) is 0.875. The standard InChI is InChI=1S/C17H22N4O2S/c1-12(2)13-5-7-14(8-6-13)16(22)11-24-17-18-19-20-21(17)10-15-4-3-9-23-15/h5-8,12,15H,3-4,9-11H2,1-2H3. The number of ketones is 1. The number of Topliss-reactive ketones (excluding diaryl/α,β-unsaturated/α-hetero) is 1. The molecule has 0 spiro atoms. The van der Waals surface area contributed by atoms with E-state index in [1.807, 2.05) is 24.3 Å². The molecule has 1 saturated heterocycles. The lowest BCUT2D eigenvalue weighted by Gasteiger charge is -2.10. The number of carbonyl (C=O) groups excluding carboxylic acids is 1. The van der Waals surface area contributed by atoms with Gasteiger partial charge in [-0.2, -0.15) is 0 Å². The average molecular weight is 346 g/mol. The molecule has 0 bridgehead atoms. The number of rotatable bonds is 7. The zero-order valence-corrected chi connectivity index (χ0v) is 14.8. The van der Waals surface area contributed by atoms with Crippen LogP contribution in [0.25, 0.3) is 0 Å². The maximum atomic E-state index is 12.4. The second kappa shape index (κ2) is 7.90. The van der Waals surface area contributed by atoms with Gasteiger partial charge in [-0.3, -0.25) is 4.79 Å². The Kier molecular flexibility index (Phi) is 5.63. The summed E-state index contributed by atoms with van der Waals surface area (Å²) in [5.41, 5.74) is 1.96. The Hall–Kier alpha value is -1.73. The highest BCUT2D eigenvalue weighted by Crippen LogP contribution is 2.20. The predicted molar refractivity (Wildman–Crippen MR) is 92.4 cm³/mol. The van der Waals surface area contributed by atoms with E-state index >= 15 is 0 Å². The van der Waals surface area contributed by atoms with Gasteiger partial charge in [0.25, 0.3) is 0 Å². The van der Waals surface area contributed by atoms with Gasteiger partial charge in [0.15, 0.2) is 5.78 Å². The van der Waals surface area contributed by atoms with Crippen molar-refractivity contribution in [2.75, 3.05) is 12.4 Å². The molecule has 1 aliphatic rings. The van der Waals surface area contributed by atoms with Crippen molar-refractivity contribution in [2.24, 2.45) is 0 Å². The fraction of sp³-hybridized carbons (Fsp3) is 0.529. The van der Waals surface area contributed by atoms with Gasteiger partial charge in [0.05, 0.1) is 18.4 Å². The summed E-state index contributed by atoms with van der Waals surface area (Å²) in [6, 6.07) is 7.83. The lowest BCUT2D eigenvalue weighted by molar-refractivity contribution is 0.0912. The molecule has 7 heteroatoms. The van der Waals surface area contributed by atoms with Crippen molar-refractivity contribution >= 4 is 17.5 Å². The SMILES string of the molecule is CC(C)c1ccc(C(=O)CSc2nnnn2CC2CCCO2)cc1. The number of carbonyl (C=O) groups is 1. The van der Waals surface area contributed by atoms with Gasteiger partial charge < -0.3 is 4.74 Å². The fourth-order valence-electron chi connectivity index (χ4n) is 2.66. The van der Waals surface area contributed by atoms with Crippen LogP contribution in [0.3, 0.4) is 0 Å². The van der Waals surface area contributed by atoms with Crippen LogP contribution in [0.1, 0.15) is 48.5 Å². The third-order valence-corrected chi connectivity index (χ3v) is 5.09. The summed E-state index contributed by atoms with van der Waals surface area (Å²) < 4.78 is 7.35. The Balaban J connectivity index is 1.57. The Bertz CT molecular complexity index is 678. The van der Waals surface area contributed by atoms with E-state index in [4.69, 9.17) is 4.74 Å². The summed E-state index contributed by atoms with van der Waals surface area (Å²) in [7, 11) is 0. The second-order valence-electron chi connectivity index (χ2n) is 6.27. The summed E-state index contributed by atoms with van der Waals surface area (Å²) in [6.45, 7) is 5.73. The molecular weight excluding hydrogens is 324 g/mol. The van der Waals surface area contributed by atoms with Crippen LogP contribution in [0.2, 0.25) is 0 Å². The Morgan fingerprint density at radius 2 is 2.17 bits per heavy atom. The first kappa shape index (κ1) is 17.1. The molecule has 0 amide bonds. The lowest BCUT2D eigenvalue weighted by Crippen LogP contribution is -2.17. The largest absolute Gasteiger partial charge is 0.376 e. The molecule has 0 aliphatic carbocycles. The molecule has 1 aliphatic heterocycles. The van der Waals surface area contributed by atoms with Crippen molar-refractivity contribution in [2.45, 2.75) is 50.4 Å². The molecule has 1 atom stereocenters. The molecule has 128 valence electrons. The monoisotopic (exact) mass is 346 g/mol. The number of hydrogen-bond donors (Lipinski definition) is 0. The van der Waals surface area contributed by atoms with Gasteiger partial charge in [-0.25, -0.2) is 4.68 Å². The number of ether oxygens (including phenoxy) is 1. The number of tetrazole rings is 1. The van der Waals surface area contributed by atoms with Gasteiger partial charge in [-0.05, 0) is 34.7 Å². The van der Waals surface area contributed by atoms with Crippen molar-refractivity contribution in [1.29, 1.82) is 0 Å². The van der Waals surface area contributed by atoms with Crippen LogP contribution in [0.4, 0.5) is 0 Å². The maximum Gasteiger partial charge on any atom is 0.209 e. The average Bonchev–Trinajstić information content (AvgIpc) is 3.25. The first-order chi connectivity index (χ1) is 11.6. The van der Waals surface area contributed by atoms with Crippen LogP contribution >= 0.6 is 11.8 Å². The van der Waals surface area contributed by atoms with Gasteiger partial charge in [-0.15, -0.1) is 5.10 Å². The number of hydrogen-bond acceptors (Lipinski definition) is 6. The minimum absolute atomic E-state index is 0.0852. The van der Waals surface area contributed by atoms with Crippen LogP contribution in [-0.2, 0) is 11.3 Å². The zero-order chi connectivity index (χ0) is 16.9. The summed E-state index contributed by atoms with van der Waals surface area (Å²) in [4.78, 5) is 12.4. The minimum Gasteiger partial charge on any atom is -0.376 e. The van der Waals surface area contributed by atoms with Crippen molar-refractivity contribution in [3.05, 3.63) is 35.4 Å². The Labute approximate surface area is 146 Å². The zero-order valence-electron chi connectivity index (χ0n) is 14.0. The molecule has 6 nitrogen and oxygen atoms in total. The first-order valence-electron chi connectivity index (χ1n) is 8.27. The molecule has 1 unspecified atom stereocenters. The maximum absolute atomic E-state index is 12.4. The van der Waals surface area contributed by atoms with E-state index < -0.39 is 0 Å². The van der Waals surface area contributed by atoms with Crippen LogP contribution in [-0.4, -0.2) is 44.5 Å².